The summed E-state index contributed by atoms with van der Waals surface area (Å²) in [4.78, 5) is 16.3. The minimum Gasteiger partial charge on any atom is -0.325 e. The van der Waals surface area contributed by atoms with Gasteiger partial charge in [-0.05, 0) is 23.3 Å². The summed E-state index contributed by atoms with van der Waals surface area (Å²) in [5.41, 5.74) is 8.76. The summed E-state index contributed by atoms with van der Waals surface area (Å²) in [6.45, 7) is 6.35. The number of amides is 1. The maximum atomic E-state index is 11.3. The van der Waals surface area contributed by atoms with Gasteiger partial charge in [0.1, 0.15) is 0 Å². The zero-order chi connectivity index (χ0) is 17.5. The Balaban J connectivity index is 0.00000243. The lowest BCUT2D eigenvalue weighted by molar-refractivity contribution is -0.114. The van der Waals surface area contributed by atoms with Gasteiger partial charge in [-0.25, -0.2) is 0 Å². The first-order chi connectivity index (χ1) is 12.2. The number of nitrogens with one attached hydrogen (secondary N) is 1. The van der Waals surface area contributed by atoms with E-state index in [1.807, 2.05) is 12.1 Å². The van der Waals surface area contributed by atoms with E-state index in [1.165, 1.54) is 11.1 Å². The maximum Gasteiger partial charge on any atom is 0.238 e. The smallest absolute Gasteiger partial charge is 0.238 e. The fourth-order valence-corrected chi connectivity index (χ4v) is 3.11. The summed E-state index contributed by atoms with van der Waals surface area (Å²) in [6, 6.07) is 18.7. The second kappa shape index (κ2) is 13.8. The molecule has 0 aromatic heterocycles. The van der Waals surface area contributed by atoms with Crippen LogP contribution in [0.3, 0.4) is 0 Å². The summed E-state index contributed by atoms with van der Waals surface area (Å²) in [6.07, 6.45) is 0. The monoisotopic (exact) mass is 446 g/mol. The topological polar surface area (TPSA) is 61.6 Å². The molecule has 1 fully saturated rings. The molecular weight excluding hydrogens is 419 g/mol. The van der Waals surface area contributed by atoms with Crippen LogP contribution < -0.4 is 11.1 Å². The van der Waals surface area contributed by atoms with Crippen molar-refractivity contribution in [3.8, 4) is 0 Å². The lowest BCUT2D eigenvalue weighted by atomic mass is 10.1. The predicted molar refractivity (Wildman–Crippen MR) is 123 cm³/mol. The average Bonchev–Trinajstić information content (AvgIpc) is 2.66. The van der Waals surface area contributed by atoms with E-state index in [0.29, 0.717) is 0 Å². The summed E-state index contributed by atoms with van der Waals surface area (Å²) < 4.78 is 0. The van der Waals surface area contributed by atoms with Gasteiger partial charge in [0, 0.05) is 45.0 Å². The van der Waals surface area contributed by atoms with Crippen molar-refractivity contribution in [3.05, 3.63) is 65.7 Å². The van der Waals surface area contributed by atoms with E-state index >= 15 is 0 Å². The lowest BCUT2D eigenvalue weighted by Gasteiger charge is -2.34. The number of benzene rings is 2. The zero-order valence-corrected chi connectivity index (χ0v) is 18.2. The normalized spacial score (nSPS) is 14.2. The number of nitrogens with two attached hydrogens (primary N) is 1. The molecule has 1 saturated heterocycles. The standard InChI is InChI=1S/C20H26N4O.3ClH/c21-14-20(25)22-19-8-6-18(7-9-19)16-24-12-10-23(11-13-24)15-17-4-2-1-3-5-17;;;/h1-9H,10-16,21H2,(H,22,25);3*1H. The Labute approximate surface area is 185 Å². The van der Waals surface area contributed by atoms with E-state index in [1.54, 1.807) is 0 Å². The van der Waals surface area contributed by atoms with E-state index in [0.717, 1.165) is 45.0 Å². The highest BCUT2D eigenvalue weighted by Crippen LogP contribution is 2.14. The van der Waals surface area contributed by atoms with Crippen molar-refractivity contribution in [1.82, 2.24) is 9.80 Å². The Hall–Kier alpha value is -1.34. The fourth-order valence-electron chi connectivity index (χ4n) is 3.11. The Bertz CT molecular complexity index is 678. The minimum absolute atomic E-state index is 0. The molecule has 0 saturated carbocycles. The van der Waals surface area contributed by atoms with Crippen LogP contribution in [-0.2, 0) is 17.9 Å². The molecule has 5 nitrogen and oxygen atoms in total. The second-order valence-electron chi connectivity index (χ2n) is 6.49. The Morgan fingerprint density at radius 2 is 1.25 bits per heavy atom. The molecule has 2 aromatic carbocycles. The molecule has 0 aliphatic carbocycles. The SMILES string of the molecule is Cl.Cl.Cl.NCC(=O)Nc1ccc(CN2CCN(Cc3ccccc3)CC2)cc1. The van der Waals surface area contributed by atoms with Crippen molar-refractivity contribution in [1.29, 1.82) is 0 Å². The van der Waals surface area contributed by atoms with Crippen molar-refractivity contribution in [2.24, 2.45) is 5.73 Å². The van der Waals surface area contributed by atoms with Gasteiger partial charge in [0.05, 0.1) is 6.54 Å². The zero-order valence-electron chi connectivity index (χ0n) is 15.8. The number of halogens is 3. The minimum atomic E-state index is -0.165. The van der Waals surface area contributed by atoms with Gasteiger partial charge in [-0.15, -0.1) is 37.2 Å². The average molecular weight is 448 g/mol. The molecule has 2 aromatic rings. The molecule has 0 unspecified atom stereocenters. The third kappa shape index (κ3) is 8.35. The number of anilines is 1. The molecule has 1 aliphatic rings. The van der Waals surface area contributed by atoms with Gasteiger partial charge in [-0.1, -0.05) is 42.5 Å². The fraction of sp³-hybridized carbons (Fsp3) is 0.350. The Morgan fingerprint density at radius 3 is 1.71 bits per heavy atom. The Morgan fingerprint density at radius 1 is 0.786 bits per heavy atom. The first kappa shape index (κ1) is 26.7. The summed E-state index contributed by atoms with van der Waals surface area (Å²) in [5, 5.41) is 2.77. The van der Waals surface area contributed by atoms with Crippen LogP contribution in [0.4, 0.5) is 5.69 Å². The van der Waals surface area contributed by atoms with Crippen LogP contribution >= 0.6 is 37.2 Å². The first-order valence-corrected chi connectivity index (χ1v) is 8.80. The highest BCUT2D eigenvalue weighted by Gasteiger charge is 2.17. The van der Waals surface area contributed by atoms with Crippen LogP contribution in [0.5, 0.6) is 0 Å². The Kier molecular flexibility index (Phi) is 13.1. The van der Waals surface area contributed by atoms with E-state index < -0.39 is 0 Å². The number of carbonyl (C=O) groups is 1. The molecule has 0 atom stereocenters. The largest absolute Gasteiger partial charge is 0.325 e. The predicted octanol–water partition coefficient (Wildman–Crippen LogP) is 3.17. The third-order valence-corrected chi connectivity index (χ3v) is 4.54. The van der Waals surface area contributed by atoms with E-state index in [2.05, 4.69) is 57.6 Å². The van der Waals surface area contributed by atoms with Crippen LogP contribution in [0.25, 0.3) is 0 Å². The summed E-state index contributed by atoms with van der Waals surface area (Å²) >= 11 is 0. The number of rotatable bonds is 6. The van der Waals surface area contributed by atoms with Crippen LogP contribution in [-0.4, -0.2) is 48.4 Å². The summed E-state index contributed by atoms with van der Waals surface area (Å²) in [5.74, 6) is -0.165. The highest BCUT2D eigenvalue weighted by molar-refractivity contribution is 5.92. The number of piperazine rings is 1. The number of hydrogen-bond acceptors (Lipinski definition) is 4. The number of hydrogen-bond donors (Lipinski definition) is 2. The summed E-state index contributed by atoms with van der Waals surface area (Å²) in [7, 11) is 0. The molecule has 3 N–H and O–H groups in total. The number of carbonyl (C=O) groups excluding carboxylic acids is 1. The van der Waals surface area contributed by atoms with Gasteiger partial charge in [-0.3, -0.25) is 14.6 Å². The van der Waals surface area contributed by atoms with Crippen molar-refractivity contribution in [2.45, 2.75) is 13.1 Å². The first-order valence-electron chi connectivity index (χ1n) is 8.80. The molecule has 156 valence electrons. The van der Waals surface area contributed by atoms with Gasteiger partial charge in [0.25, 0.3) is 0 Å². The number of nitrogens with zero attached hydrogens (tertiary/aromatic N) is 2. The van der Waals surface area contributed by atoms with Gasteiger partial charge >= 0.3 is 0 Å². The lowest BCUT2D eigenvalue weighted by Crippen LogP contribution is -2.45. The van der Waals surface area contributed by atoms with Gasteiger partial charge in [0.2, 0.25) is 5.91 Å². The molecule has 1 heterocycles. The molecular formula is C20H29Cl3N4O. The van der Waals surface area contributed by atoms with Gasteiger partial charge in [-0.2, -0.15) is 0 Å². The molecule has 0 bridgehead atoms. The molecule has 0 radical (unpaired) electrons. The van der Waals surface area contributed by atoms with Crippen molar-refractivity contribution in [3.63, 3.8) is 0 Å². The van der Waals surface area contributed by atoms with Crippen molar-refractivity contribution < 1.29 is 4.79 Å². The van der Waals surface area contributed by atoms with E-state index in [-0.39, 0.29) is 49.7 Å². The van der Waals surface area contributed by atoms with E-state index in [4.69, 9.17) is 5.73 Å². The van der Waals surface area contributed by atoms with Crippen LogP contribution in [0.1, 0.15) is 11.1 Å². The van der Waals surface area contributed by atoms with Gasteiger partial charge in [0.15, 0.2) is 0 Å². The quantitative estimate of drug-likeness (QED) is 0.714. The van der Waals surface area contributed by atoms with Crippen molar-refractivity contribution in [2.75, 3.05) is 38.0 Å². The molecule has 28 heavy (non-hydrogen) atoms. The van der Waals surface area contributed by atoms with Crippen molar-refractivity contribution >= 4 is 48.8 Å². The third-order valence-electron chi connectivity index (χ3n) is 4.54. The van der Waals surface area contributed by atoms with Crippen LogP contribution in [0.15, 0.2) is 54.6 Å². The van der Waals surface area contributed by atoms with Gasteiger partial charge < -0.3 is 11.1 Å². The van der Waals surface area contributed by atoms with Crippen LogP contribution in [0, 0.1) is 0 Å². The molecule has 3 rings (SSSR count). The highest BCUT2D eigenvalue weighted by atomic mass is 35.5. The molecule has 8 heteroatoms. The van der Waals surface area contributed by atoms with E-state index in [9.17, 15) is 4.79 Å². The second-order valence-corrected chi connectivity index (χ2v) is 6.49. The molecule has 1 amide bonds. The molecule has 0 spiro atoms. The maximum absolute atomic E-state index is 11.3. The molecule has 1 aliphatic heterocycles. The van der Waals surface area contributed by atoms with Crippen LogP contribution in [0.2, 0.25) is 0 Å².